The van der Waals surface area contributed by atoms with E-state index in [1.54, 1.807) is 0 Å². The van der Waals surface area contributed by atoms with Crippen LogP contribution in [-0.4, -0.2) is 4.98 Å². The molecule has 19 heavy (non-hydrogen) atoms. The predicted molar refractivity (Wildman–Crippen MR) is 71.1 cm³/mol. The molecular formula is C13H13F3N2S. The van der Waals surface area contributed by atoms with Gasteiger partial charge in [-0.1, -0.05) is 13.8 Å². The van der Waals surface area contributed by atoms with Crippen LogP contribution in [0.25, 0.3) is 10.6 Å². The van der Waals surface area contributed by atoms with Crippen molar-refractivity contribution in [1.29, 1.82) is 0 Å². The summed E-state index contributed by atoms with van der Waals surface area (Å²) in [4.78, 5) is 4.39. The van der Waals surface area contributed by atoms with Crippen LogP contribution in [0, 0.1) is 0 Å². The number of hydrogen-bond donors (Lipinski definition) is 1. The van der Waals surface area contributed by atoms with Gasteiger partial charge in [0.2, 0.25) is 0 Å². The first-order chi connectivity index (χ1) is 8.79. The molecule has 0 saturated carbocycles. The number of nitrogen functional groups attached to an aromatic ring is 1. The summed E-state index contributed by atoms with van der Waals surface area (Å²) in [5.74, 6) is 0.278. The Morgan fingerprint density at radius 2 is 1.95 bits per heavy atom. The van der Waals surface area contributed by atoms with Crippen LogP contribution in [0.1, 0.15) is 31.0 Å². The van der Waals surface area contributed by atoms with E-state index in [1.807, 2.05) is 19.2 Å². The van der Waals surface area contributed by atoms with Gasteiger partial charge in [0, 0.05) is 16.6 Å². The van der Waals surface area contributed by atoms with E-state index in [0.29, 0.717) is 10.6 Å². The van der Waals surface area contributed by atoms with Crippen molar-refractivity contribution in [3.63, 3.8) is 0 Å². The van der Waals surface area contributed by atoms with Gasteiger partial charge in [0.15, 0.2) is 0 Å². The first kappa shape index (κ1) is 13.9. The fourth-order valence-electron chi connectivity index (χ4n) is 1.61. The van der Waals surface area contributed by atoms with Gasteiger partial charge in [-0.15, -0.1) is 11.3 Å². The van der Waals surface area contributed by atoms with Crippen LogP contribution < -0.4 is 5.73 Å². The molecule has 2 N–H and O–H groups in total. The average molecular weight is 286 g/mol. The van der Waals surface area contributed by atoms with Crippen molar-refractivity contribution < 1.29 is 13.2 Å². The highest BCUT2D eigenvalue weighted by atomic mass is 32.1. The summed E-state index contributed by atoms with van der Waals surface area (Å²) in [5.41, 5.74) is 6.52. The zero-order valence-electron chi connectivity index (χ0n) is 10.5. The Bertz CT molecular complexity index is 588. The summed E-state index contributed by atoms with van der Waals surface area (Å²) in [6.45, 7) is 4.02. The summed E-state index contributed by atoms with van der Waals surface area (Å²) in [5, 5.41) is 2.55. The molecule has 6 heteroatoms. The molecule has 0 saturated heterocycles. The lowest BCUT2D eigenvalue weighted by atomic mass is 10.1. The van der Waals surface area contributed by atoms with E-state index in [2.05, 4.69) is 4.98 Å². The van der Waals surface area contributed by atoms with Crippen molar-refractivity contribution in [3.05, 3.63) is 34.8 Å². The van der Waals surface area contributed by atoms with Gasteiger partial charge in [-0.25, -0.2) is 4.98 Å². The number of nitrogens with two attached hydrogens (primary N) is 1. The average Bonchev–Trinajstić information content (AvgIpc) is 2.76. The SMILES string of the molecule is CC(C)c1csc(-c2ccc(C(F)(F)F)cc2N)n1. The lowest BCUT2D eigenvalue weighted by molar-refractivity contribution is -0.137. The number of rotatable bonds is 2. The van der Waals surface area contributed by atoms with Crippen molar-refractivity contribution in [2.24, 2.45) is 0 Å². The van der Waals surface area contributed by atoms with Crippen LogP contribution >= 0.6 is 11.3 Å². The number of benzene rings is 1. The molecule has 0 atom stereocenters. The van der Waals surface area contributed by atoms with E-state index in [4.69, 9.17) is 5.73 Å². The summed E-state index contributed by atoms with van der Waals surface area (Å²) >= 11 is 1.39. The van der Waals surface area contributed by atoms with Crippen LogP contribution in [-0.2, 0) is 6.18 Å². The Morgan fingerprint density at radius 3 is 2.42 bits per heavy atom. The number of hydrogen-bond acceptors (Lipinski definition) is 3. The maximum absolute atomic E-state index is 12.5. The van der Waals surface area contributed by atoms with Crippen molar-refractivity contribution >= 4 is 17.0 Å². The van der Waals surface area contributed by atoms with Crippen LogP contribution in [0.4, 0.5) is 18.9 Å². The Balaban J connectivity index is 2.40. The number of anilines is 1. The molecule has 0 aliphatic rings. The molecule has 1 aromatic heterocycles. The second-order valence-corrected chi connectivity index (χ2v) is 5.39. The molecule has 0 spiro atoms. The fraction of sp³-hybridized carbons (Fsp3) is 0.308. The standard InChI is InChI=1S/C13H13F3N2S/c1-7(2)11-6-19-12(18-11)9-4-3-8(5-10(9)17)13(14,15)16/h3-7H,17H2,1-2H3. The summed E-state index contributed by atoms with van der Waals surface area (Å²) in [7, 11) is 0. The lowest BCUT2D eigenvalue weighted by Crippen LogP contribution is -2.05. The monoisotopic (exact) mass is 286 g/mol. The molecule has 2 nitrogen and oxygen atoms in total. The van der Waals surface area contributed by atoms with E-state index < -0.39 is 11.7 Å². The second kappa shape index (κ2) is 4.85. The largest absolute Gasteiger partial charge is 0.416 e. The molecule has 2 rings (SSSR count). The summed E-state index contributed by atoms with van der Waals surface area (Å²) in [6.07, 6.45) is -4.38. The zero-order valence-corrected chi connectivity index (χ0v) is 11.3. The van der Waals surface area contributed by atoms with Crippen LogP contribution in [0.2, 0.25) is 0 Å². The van der Waals surface area contributed by atoms with E-state index in [1.165, 1.54) is 17.4 Å². The minimum atomic E-state index is -4.38. The molecule has 0 radical (unpaired) electrons. The minimum Gasteiger partial charge on any atom is -0.398 e. The summed E-state index contributed by atoms with van der Waals surface area (Å²) in [6, 6.07) is 3.36. The predicted octanol–water partition coefficient (Wildman–Crippen LogP) is 4.53. The molecular weight excluding hydrogens is 273 g/mol. The number of halogens is 3. The van der Waals surface area contributed by atoms with Gasteiger partial charge in [-0.05, 0) is 24.1 Å². The van der Waals surface area contributed by atoms with Crippen molar-refractivity contribution in [2.45, 2.75) is 25.9 Å². The molecule has 0 amide bonds. The highest BCUT2D eigenvalue weighted by molar-refractivity contribution is 7.13. The second-order valence-electron chi connectivity index (χ2n) is 4.53. The van der Waals surface area contributed by atoms with Gasteiger partial charge in [0.25, 0.3) is 0 Å². The minimum absolute atomic E-state index is 0.0967. The van der Waals surface area contributed by atoms with Crippen LogP contribution in [0.5, 0.6) is 0 Å². The molecule has 2 aromatic rings. The van der Waals surface area contributed by atoms with Crippen molar-refractivity contribution in [3.8, 4) is 10.6 Å². The van der Waals surface area contributed by atoms with Gasteiger partial charge in [-0.2, -0.15) is 13.2 Å². The third-order valence-corrected chi connectivity index (χ3v) is 3.62. The normalized spacial score (nSPS) is 12.1. The number of alkyl halides is 3. The maximum Gasteiger partial charge on any atom is 0.416 e. The number of aromatic nitrogens is 1. The molecule has 0 unspecified atom stereocenters. The third-order valence-electron chi connectivity index (χ3n) is 2.72. The molecule has 0 bridgehead atoms. The molecule has 1 aromatic carbocycles. The van der Waals surface area contributed by atoms with Crippen molar-refractivity contribution in [2.75, 3.05) is 5.73 Å². The Hall–Kier alpha value is -1.56. The van der Waals surface area contributed by atoms with E-state index >= 15 is 0 Å². The lowest BCUT2D eigenvalue weighted by Gasteiger charge is -2.09. The van der Waals surface area contributed by atoms with Gasteiger partial charge >= 0.3 is 6.18 Å². The highest BCUT2D eigenvalue weighted by Gasteiger charge is 2.31. The quantitative estimate of drug-likeness (QED) is 0.823. The Kier molecular flexibility index (Phi) is 3.54. The van der Waals surface area contributed by atoms with Crippen LogP contribution in [0.15, 0.2) is 23.6 Å². The number of thiazole rings is 1. The van der Waals surface area contributed by atoms with Crippen molar-refractivity contribution in [1.82, 2.24) is 4.98 Å². The molecule has 102 valence electrons. The molecule has 1 heterocycles. The Labute approximate surface area is 113 Å². The molecule has 0 aliphatic heterocycles. The summed E-state index contributed by atoms with van der Waals surface area (Å²) < 4.78 is 37.6. The smallest absolute Gasteiger partial charge is 0.398 e. The third kappa shape index (κ3) is 2.89. The van der Waals surface area contributed by atoms with Gasteiger partial charge in [0.05, 0.1) is 11.3 Å². The first-order valence-electron chi connectivity index (χ1n) is 5.71. The topological polar surface area (TPSA) is 38.9 Å². The van der Waals surface area contributed by atoms with E-state index in [9.17, 15) is 13.2 Å². The fourth-order valence-corrected chi connectivity index (χ4v) is 2.64. The van der Waals surface area contributed by atoms with Gasteiger partial charge < -0.3 is 5.73 Å². The highest BCUT2D eigenvalue weighted by Crippen LogP contribution is 2.36. The van der Waals surface area contributed by atoms with Gasteiger partial charge in [-0.3, -0.25) is 0 Å². The molecule has 0 fully saturated rings. The van der Waals surface area contributed by atoms with Gasteiger partial charge in [0.1, 0.15) is 5.01 Å². The van der Waals surface area contributed by atoms with E-state index in [0.717, 1.165) is 17.8 Å². The first-order valence-corrected chi connectivity index (χ1v) is 6.59. The maximum atomic E-state index is 12.5. The Morgan fingerprint density at radius 1 is 1.26 bits per heavy atom. The zero-order chi connectivity index (χ0) is 14.2. The van der Waals surface area contributed by atoms with E-state index in [-0.39, 0.29) is 11.6 Å². The molecule has 0 aliphatic carbocycles. The number of nitrogens with zero attached hydrogens (tertiary/aromatic N) is 1. The van der Waals surface area contributed by atoms with Crippen LogP contribution in [0.3, 0.4) is 0 Å².